The van der Waals surface area contributed by atoms with Crippen LogP contribution in [0, 0.1) is 6.92 Å². The molecule has 0 atom stereocenters. The molecule has 1 fully saturated rings. The lowest BCUT2D eigenvalue weighted by atomic mass is 10.1. The largest absolute Gasteiger partial charge is 0.369 e. The molecule has 21 heavy (non-hydrogen) atoms. The van der Waals surface area contributed by atoms with Gasteiger partial charge in [-0.2, -0.15) is 0 Å². The zero-order chi connectivity index (χ0) is 14.7. The van der Waals surface area contributed by atoms with Crippen molar-refractivity contribution in [3.05, 3.63) is 34.9 Å². The normalized spacial score (nSPS) is 16.3. The van der Waals surface area contributed by atoms with E-state index in [0.717, 1.165) is 29.4 Å². The second-order valence-corrected chi connectivity index (χ2v) is 6.25. The molecule has 0 radical (unpaired) electrons. The molecule has 3 rings (SSSR count). The zero-order valence-electron chi connectivity index (χ0n) is 12.5. The average molecular weight is 304 g/mol. The van der Waals surface area contributed by atoms with Crippen molar-refractivity contribution >= 4 is 28.3 Å². The lowest BCUT2D eigenvalue weighted by Gasteiger charge is -2.26. The molecule has 1 aromatic carbocycles. The molecule has 0 spiro atoms. The molecule has 0 unspecified atom stereocenters. The number of halogens is 1. The standard InChI is InChI=1S/C17H22ClN3/c1-13-11-17(19-7-10-21-8-3-2-4-9-21)20-16-12-14(18)5-6-15(13)16/h5-6,11-12H,2-4,7-10H2,1H3,(H,19,20). The number of nitrogens with one attached hydrogen (secondary N) is 1. The Kier molecular flexibility index (Phi) is 4.61. The van der Waals surface area contributed by atoms with E-state index in [1.165, 1.54) is 43.3 Å². The number of nitrogens with zero attached hydrogens (tertiary/aromatic N) is 2. The van der Waals surface area contributed by atoms with E-state index in [1.54, 1.807) is 0 Å². The molecule has 0 bridgehead atoms. The van der Waals surface area contributed by atoms with Crippen LogP contribution in [0.4, 0.5) is 5.82 Å². The number of aromatic nitrogens is 1. The van der Waals surface area contributed by atoms with Crippen LogP contribution in [0.25, 0.3) is 10.9 Å². The average Bonchev–Trinajstić information content (AvgIpc) is 2.48. The molecule has 0 saturated carbocycles. The number of fused-ring (bicyclic) bond motifs is 1. The quantitative estimate of drug-likeness (QED) is 0.922. The minimum absolute atomic E-state index is 0.736. The van der Waals surface area contributed by atoms with Gasteiger partial charge in [-0.1, -0.05) is 24.1 Å². The summed E-state index contributed by atoms with van der Waals surface area (Å²) in [7, 11) is 0. The Morgan fingerprint density at radius 1 is 1.19 bits per heavy atom. The van der Waals surface area contributed by atoms with Gasteiger partial charge >= 0.3 is 0 Å². The van der Waals surface area contributed by atoms with Crippen molar-refractivity contribution < 1.29 is 0 Å². The molecule has 1 aromatic heterocycles. The summed E-state index contributed by atoms with van der Waals surface area (Å²) in [6.07, 6.45) is 4.06. The van der Waals surface area contributed by atoms with Crippen LogP contribution in [0.5, 0.6) is 0 Å². The highest BCUT2D eigenvalue weighted by molar-refractivity contribution is 6.31. The van der Waals surface area contributed by atoms with Crippen LogP contribution in [0.1, 0.15) is 24.8 Å². The summed E-state index contributed by atoms with van der Waals surface area (Å²) in [5.41, 5.74) is 2.19. The van der Waals surface area contributed by atoms with Crippen molar-refractivity contribution in [3.8, 4) is 0 Å². The van der Waals surface area contributed by atoms with Crippen molar-refractivity contribution in [1.82, 2.24) is 9.88 Å². The van der Waals surface area contributed by atoms with Crippen molar-refractivity contribution in [3.63, 3.8) is 0 Å². The van der Waals surface area contributed by atoms with Crippen molar-refractivity contribution in [1.29, 1.82) is 0 Å². The fourth-order valence-electron chi connectivity index (χ4n) is 2.99. The summed E-state index contributed by atoms with van der Waals surface area (Å²) < 4.78 is 0. The van der Waals surface area contributed by atoms with E-state index < -0.39 is 0 Å². The number of piperidine rings is 1. The number of pyridine rings is 1. The maximum Gasteiger partial charge on any atom is 0.126 e. The van der Waals surface area contributed by atoms with Gasteiger partial charge in [-0.25, -0.2) is 4.98 Å². The topological polar surface area (TPSA) is 28.2 Å². The second kappa shape index (κ2) is 6.63. The fraction of sp³-hybridized carbons (Fsp3) is 0.471. The van der Waals surface area contributed by atoms with Gasteiger partial charge in [0.2, 0.25) is 0 Å². The number of anilines is 1. The van der Waals surface area contributed by atoms with Crippen LogP contribution >= 0.6 is 11.6 Å². The van der Waals surface area contributed by atoms with Crippen LogP contribution in [-0.4, -0.2) is 36.1 Å². The number of hydrogen-bond acceptors (Lipinski definition) is 3. The van der Waals surface area contributed by atoms with Crippen LogP contribution in [0.3, 0.4) is 0 Å². The Morgan fingerprint density at radius 2 is 2.00 bits per heavy atom. The third-order valence-electron chi connectivity index (χ3n) is 4.16. The van der Waals surface area contributed by atoms with E-state index in [2.05, 4.69) is 28.2 Å². The van der Waals surface area contributed by atoms with E-state index in [0.29, 0.717) is 0 Å². The third-order valence-corrected chi connectivity index (χ3v) is 4.40. The van der Waals surface area contributed by atoms with Gasteiger partial charge < -0.3 is 10.2 Å². The van der Waals surface area contributed by atoms with Gasteiger partial charge in [0.15, 0.2) is 0 Å². The van der Waals surface area contributed by atoms with Gasteiger partial charge in [-0.3, -0.25) is 0 Å². The number of hydrogen-bond donors (Lipinski definition) is 1. The van der Waals surface area contributed by atoms with Crippen LogP contribution in [-0.2, 0) is 0 Å². The molecule has 1 aliphatic rings. The summed E-state index contributed by atoms with van der Waals surface area (Å²) in [6, 6.07) is 8.01. The molecule has 0 amide bonds. The number of likely N-dealkylation sites (tertiary alicyclic amines) is 1. The molecule has 2 heterocycles. The van der Waals surface area contributed by atoms with Crippen LogP contribution in [0.15, 0.2) is 24.3 Å². The Morgan fingerprint density at radius 3 is 2.81 bits per heavy atom. The van der Waals surface area contributed by atoms with Gasteiger partial charge in [-0.15, -0.1) is 0 Å². The maximum atomic E-state index is 6.06. The molecule has 4 heteroatoms. The van der Waals surface area contributed by atoms with E-state index in [9.17, 15) is 0 Å². The smallest absolute Gasteiger partial charge is 0.126 e. The fourth-order valence-corrected chi connectivity index (χ4v) is 3.16. The second-order valence-electron chi connectivity index (χ2n) is 5.81. The van der Waals surface area contributed by atoms with E-state index in [1.807, 2.05) is 18.2 Å². The Bertz CT molecular complexity index is 621. The highest BCUT2D eigenvalue weighted by atomic mass is 35.5. The van der Waals surface area contributed by atoms with Gasteiger partial charge in [0.05, 0.1) is 5.52 Å². The lowest BCUT2D eigenvalue weighted by Crippen LogP contribution is -2.33. The first-order valence-electron chi connectivity index (χ1n) is 7.75. The monoisotopic (exact) mass is 303 g/mol. The Balaban J connectivity index is 1.66. The van der Waals surface area contributed by atoms with Gasteiger partial charge in [0.25, 0.3) is 0 Å². The van der Waals surface area contributed by atoms with Crippen molar-refractivity contribution in [2.45, 2.75) is 26.2 Å². The number of benzene rings is 1. The van der Waals surface area contributed by atoms with Gasteiger partial charge in [0.1, 0.15) is 5.82 Å². The lowest BCUT2D eigenvalue weighted by molar-refractivity contribution is 0.237. The highest BCUT2D eigenvalue weighted by Gasteiger charge is 2.09. The molecule has 0 aliphatic carbocycles. The first kappa shape index (κ1) is 14.6. The van der Waals surface area contributed by atoms with Crippen molar-refractivity contribution in [2.24, 2.45) is 0 Å². The SMILES string of the molecule is Cc1cc(NCCN2CCCCC2)nc2cc(Cl)ccc12. The minimum atomic E-state index is 0.736. The first-order valence-corrected chi connectivity index (χ1v) is 8.13. The van der Waals surface area contributed by atoms with E-state index >= 15 is 0 Å². The third kappa shape index (κ3) is 3.66. The Labute approximate surface area is 131 Å². The molecule has 2 aromatic rings. The van der Waals surface area contributed by atoms with Crippen LogP contribution in [0.2, 0.25) is 5.02 Å². The van der Waals surface area contributed by atoms with Gasteiger partial charge in [0, 0.05) is 23.5 Å². The predicted octanol–water partition coefficient (Wildman–Crippen LogP) is 4.09. The number of aryl methyl sites for hydroxylation is 1. The Hall–Kier alpha value is -1.32. The molecule has 1 saturated heterocycles. The minimum Gasteiger partial charge on any atom is -0.369 e. The summed E-state index contributed by atoms with van der Waals surface area (Å²) >= 11 is 6.06. The van der Waals surface area contributed by atoms with E-state index in [4.69, 9.17) is 11.6 Å². The maximum absolute atomic E-state index is 6.06. The molecule has 112 valence electrons. The summed E-state index contributed by atoms with van der Waals surface area (Å²) in [4.78, 5) is 7.19. The first-order chi connectivity index (χ1) is 10.2. The predicted molar refractivity (Wildman–Crippen MR) is 90.3 cm³/mol. The summed E-state index contributed by atoms with van der Waals surface area (Å²) in [5, 5.41) is 5.35. The molecule has 1 aliphatic heterocycles. The molecular formula is C17H22ClN3. The molecule has 1 N–H and O–H groups in total. The summed E-state index contributed by atoms with van der Waals surface area (Å²) in [5.74, 6) is 0.944. The number of rotatable bonds is 4. The molecular weight excluding hydrogens is 282 g/mol. The van der Waals surface area contributed by atoms with E-state index in [-0.39, 0.29) is 0 Å². The van der Waals surface area contributed by atoms with Crippen molar-refractivity contribution in [2.75, 3.05) is 31.5 Å². The zero-order valence-corrected chi connectivity index (χ0v) is 13.3. The molecule has 3 nitrogen and oxygen atoms in total. The van der Waals surface area contributed by atoms with Crippen LogP contribution < -0.4 is 5.32 Å². The summed E-state index contributed by atoms with van der Waals surface area (Å²) in [6.45, 7) is 6.63. The highest BCUT2D eigenvalue weighted by Crippen LogP contribution is 2.23. The van der Waals surface area contributed by atoms with Gasteiger partial charge in [-0.05, 0) is 56.6 Å².